The van der Waals surface area contributed by atoms with Crippen molar-refractivity contribution < 1.29 is 14.6 Å². The summed E-state index contributed by atoms with van der Waals surface area (Å²) >= 11 is 0. The molecule has 2 aromatic rings. The topological polar surface area (TPSA) is 128 Å². The first-order valence-electron chi connectivity index (χ1n) is 6.30. The smallest absolute Gasteiger partial charge is 0.267 e. The Balaban J connectivity index is 2.12. The van der Waals surface area contributed by atoms with Crippen LogP contribution in [0.3, 0.4) is 0 Å². The van der Waals surface area contributed by atoms with Crippen molar-refractivity contribution in [3.8, 4) is 0 Å². The quantitative estimate of drug-likeness (QED) is 0.514. The number of rotatable bonds is 5. The molecule has 0 fully saturated rings. The number of hydrogen-bond acceptors (Lipinski definition) is 6. The fourth-order valence-corrected chi connectivity index (χ4v) is 1.77. The van der Waals surface area contributed by atoms with Crippen LogP contribution in [0.1, 0.15) is 15.9 Å². The van der Waals surface area contributed by atoms with Crippen LogP contribution < -0.4 is 5.43 Å². The molecule has 2 rings (SSSR count). The number of hydrogen-bond donors (Lipinski definition) is 1. The van der Waals surface area contributed by atoms with E-state index in [1.54, 1.807) is 6.07 Å². The number of hydrazone groups is 1. The fraction of sp³-hybridized carbons (Fsp3) is 0. The van der Waals surface area contributed by atoms with Crippen LogP contribution in [-0.4, -0.2) is 22.0 Å². The van der Waals surface area contributed by atoms with Gasteiger partial charge in [0, 0.05) is 23.8 Å². The van der Waals surface area contributed by atoms with Crippen LogP contribution in [-0.2, 0) is 0 Å². The molecule has 0 aliphatic rings. The van der Waals surface area contributed by atoms with Gasteiger partial charge in [-0.25, -0.2) is 5.43 Å². The molecule has 23 heavy (non-hydrogen) atoms. The standard InChI is InChI=1S/C14H10N4O5/c19-14(12-6-1-2-7-13(12)18(22)23)16-15-9-10-4-3-5-11(8-10)17(20)21/h1-9H,(H,16,19)/b15-9+. The Labute approximate surface area is 129 Å². The van der Waals surface area contributed by atoms with Crippen molar-refractivity contribution in [1.82, 2.24) is 5.43 Å². The first-order valence-corrected chi connectivity index (χ1v) is 6.30. The minimum absolute atomic E-state index is 0.112. The van der Waals surface area contributed by atoms with Crippen LogP contribution in [0.15, 0.2) is 53.6 Å². The molecule has 0 radical (unpaired) electrons. The Morgan fingerprint density at radius 1 is 1.04 bits per heavy atom. The largest absolute Gasteiger partial charge is 0.282 e. The second-order valence-corrected chi connectivity index (χ2v) is 4.33. The van der Waals surface area contributed by atoms with Crippen molar-refractivity contribution in [3.63, 3.8) is 0 Å². The number of nitro groups is 2. The summed E-state index contributed by atoms with van der Waals surface area (Å²) < 4.78 is 0. The van der Waals surface area contributed by atoms with E-state index >= 15 is 0 Å². The number of para-hydroxylation sites is 1. The lowest BCUT2D eigenvalue weighted by Crippen LogP contribution is -2.18. The maximum absolute atomic E-state index is 11.9. The SMILES string of the molecule is O=C(N/N=C/c1cccc([N+](=O)[O-])c1)c1ccccc1[N+](=O)[O-]. The summed E-state index contributed by atoms with van der Waals surface area (Å²) in [6, 6.07) is 11.1. The highest BCUT2D eigenvalue weighted by molar-refractivity contribution is 5.98. The molecule has 0 bridgehead atoms. The molecule has 0 heterocycles. The van der Waals surface area contributed by atoms with Gasteiger partial charge in [-0.1, -0.05) is 24.3 Å². The van der Waals surface area contributed by atoms with Gasteiger partial charge in [0.25, 0.3) is 17.3 Å². The van der Waals surface area contributed by atoms with Gasteiger partial charge in [-0.2, -0.15) is 5.10 Å². The molecular formula is C14H10N4O5. The van der Waals surface area contributed by atoms with Crippen LogP contribution in [0.5, 0.6) is 0 Å². The molecule has 2 aromatic carbocycles. The first kappa shape index (κ1) is 15.8. The third-order valence-corrected chi connectivity index (χ3v) is 2.81. The van der Waals surface area contributed by atoms with Crippen LogP contribution in [0.4, 0.5) is 11.4 Å². The van der Waals surface area contributed by atoms with E-state index < -0.39 is 15.8 Å². The lowest BCUT2D eigenvalue weighted by Gasteiger charge is -2.01. The molecule has 0 aliphatic carbocycles. The zero-order valence-electron chi connectivity index (χ0n) is 11.6. The predicted molar refractivity (Wildman–Crippen MR) is 81.3 cm³/mol. The number of nitrogens with zero attached hydrogens (tertiary/aromatic N) is 3. The van der Waals surface area contributed by atoms with E-state index in [1.165, 1.54) is 48.7 Å². The summed E-state index contributed by atoms with van der Waals surface area (Å²) in [7, 11) is 0. The number of benzene rings is 2. The summed E-state index contributed by atoms with van der Waals surface area (Å²) in [6.07, 6.45) is 1.21. The Hall–Kier alpha value is -3.62. The van der Waals surface area contributed by atoms with Crippen molar-refractivity contribution in [3.05, 3.63) is 79.9 Å². The van der Waals surface area contributed by atoms with Crippen LogP contribution in [0.2, 0.25) is 0 Å². The van der Waals surface area contributed by atoms with Gasteiger partial charge < -0.3 is 0 Å². The van der Waals surface area contributed by atoms with Gasteiger partial charge in [-0.3, -0.25) is 25.0 Å². The molecule has 0 saturated carbocycles. The van der Waals surface area contributed by atoms with Crippen molar-refractivity contribution in [2.24, 2.45) is 5.10 Å². The lowest BCUT2D eigenvalue weighted by molar-refractivity contribution is -0.385. The fourth-order valence-electron chi connectivity index (χ4n) is 1.77. The minimum Gasteiger partial charge on any atom is -0.267 e. The summed E-state index contributed by atoms with van der Waals surface area (Å²) in [6.45, 7) is 0. The van der Waals surface area contributed by atoms with E-state index in [9.17, 15) is 25.0 Å². The average molecular weight is 314 g/mol. The van der Waals surface area contributed by atoms with Crippen molar-refractivity contribution >= 4 is 23.5 Å². The molecule has 1 amide bonds. The maximum Gasteiger partial charge on any atom is 0.282 e. The maximum atomic E-state index is 11.9. The Bertz CT molecular complexity index is 803. The van der Waals surface area contributed by atoms with Gasteiger partial charge in [-0.05, 0) is 6.07 Å². The molecule has 0 aromatic heterocycles. The number of nitrogens with one attached hydrogen (secondary N) is 1. The van der Waals surface area contributed by atoms with Gasteiger partial charge in [0.15, 0.2) is 0 Å². The molecular weight excluding hydrogens is 304 g/mol. The molecule has 0 atom stereocenters. The van der Waals surface area contributed by atoms with Crippen LogP contribution >= 0.6 is 0 Å². The van der Waals surface area contributed by atoms with Crippen molar-refractivity contribution in [1.29, 1.82) is 0 Å². The average Bonchev–Trinajstić information content (AvgIpc) is 2.55. The van der Waals surface area contributed by atoms with Gasteiger partial charge in [0.2, 0.25) is 0 Å². The van der Waals surface area contributed by atoms with Gasteiger partial charge in [0.05, 0.1) is 16.1 Å². The lowest BCUT2D eigenvalue weighted by atomic mass is 10.2. The second kappa shape index (κ2) is 6.89. The highest BCUT2D eigenvalue weighted by Gasteiger charge is 2.18. The van der Waals surface area contributed by atoms with Gasteiger partial charge in [-0.15, -0.1) is 0 Å². The Kier molecular flexibility index (Phi) is 4.72. The molecule has 1 N–H and O–H groups in total. The van der Waals surface area contributed by atoms with Crippen LogP contribution in [0.25, 0.3) is 0 Å². The molecule has 0 aliphatic heterocycles. The van der Waals surface area contributed by atoms with Crippen molar-refractivity contribution in [2.75, 3.05) is 0 Å². The van der Waals surface area contributed by atoms with Crippen molar-refractivity contribution in [2.45, 2.75) is 0 Å². The normalized spacial score (nSPS) is 10.4. The number of nitro benzene ring substituents is 2. The third-order valence-electron chi connectivity index (χ3n) is 2.81. The zero-order valence-corrected chi connectivity index (χ0v) is 11.6. The highest BCUT2D eigenvalue weighted by Crippen LogP contribution is 2.17. The number of carbonyl (C=O) groups is 1. The van der Waals surface area contributed by atoms with E-state index in [4.69, 9.17) is 0 Å². The number of non-ortho nitro benzene ring substituents is 1. The summed E-state index contributed by atoms with van der Waals surface area (Å²) in [5.74, 6) is -0.751. The van der Waals surface area contributed by atoms with E-state index in [0.29, 0.717) is 5.56 Å². The highest BCUT2D eigenvalue weighted by atomic mass is 16.6. The minimum atomic E-state index is -0.751. The number of amides is 1. The molecule has 116 valence electrons. The Morgan fingerprint density at radius 3 is 2.48 bits per heavy atom. The van der Waals surface area contributed by atoms with E-state index in [1.807, 2.05) is 0 Å². The summed E-state index contributed by atoms with van der Waals surface area (Å²) in [5.41, 5.74) is 1.97. The Morgan fingerprint density at radius 2 is 1.78 bits per heavy atom. The molecule has 0 saturated heterocycles. The summed E-state index contributed by atoms with van der Waals surface area (Å²) in [5, 5.41) is 25.1. The monoisotopic (exact) mass is 314 g/mol. The molecule has 9 heteroatoms. The zero-order chi connectivity index (χ0) is 16.8. The van der Waals surface area contributed by atoms with Crippen LogP contribution in [0, 0.1) is 20.2 Å². The van der Waals surface area contributed by atoms with Gasteiger partial charge in [0.1, 0.15) is 5.56 Å². The van der Waals surface area contributed by atoms with Gasteiger partial charge >= 0.3 is 0 Å². The molecule has 0 unspecified atom stereocenters. The van der Waals surface area contributed by atoms with E-state index in [0.717, 1.165) is 0 Å². The summed E-state index contributed by atoms with van der Waals surface area (Å²) in [4.78, 5) is 32.2. The third kappa shape index (κ3) is 3.94. The predicted octanol–water partition coefficient (Wildman–Crippen LogP) is 2.27. The molecule has 9 nitrogen and oxygen atoms in total. The van der Waals surface area contributed by atoms with E-state index in [2.05, 4.69) is 10.5 Å². The first-order chi connectivity index (χ1) is 11.0. The van der Waals surface area contributed by atoms with E-state index in [-0.39, 0.29) is 16.9 Å². The molecule has 0 spiro atoms. The second-order valence-electron chi connectivity index (χ2n) is 4.33. The number of carbonyl (C=O) groups excluding carboxylic acids is 1.